The number of halogens is 3. The van der Waals surface area contributed by atoms with Crippen LogP contribution in [0.25, 0.3) is 11.7 Å². The number of H-pyrrole nitrogens is 1. The summed E-state index contributed by atoms with van der Waals surface area (Å²) in [6, 6.07) is 0. The average molecular weight is 331 g/mol. The molecule has 1 fully saturated rings. The zero-order chi connectivity index (χ0) is 16.4. The Morgan fingerprint density at radius 3 is 3.00 bits per heavy atom. The van der Waals surface area contributed by atoms with Gasteiger partial charge >= 0.3 is 12.1 Å². The third-order valence-corrected chi connectivity index (χ3v) is 3.34. The van der Waals surface area contributed by atoms with E-state index in [1.165, 1.54) is 6.20 Å². The second-order valence-corrected chi connectivity index (χ2v) is 5.00. The predicted molar refractivity (Wildman–Crippen MR) is 67.6 cm³/mol. The van der Waals surface area contributed by atoms with E-state index in [2.05, 4.69) is 24.9 Å². The molecule has 0 bridgehead atoms. The van der Waals surface area contributed by atoms with Gasteiger partial charge in [0.2, 0.25) is 0 Å². The molecule has 1 atom stereocenters. The van der Waals surface area contributed by atoms with Gasteiger partial charge in [0.05, 0.1) is 0 Å². The van der Waals surface area contributed by atoms with Gasteiger partial charge in [-0.3, -0.25) is 0 Å². The Morgan fingerprint density at radius 2 is 2.30 bits per heavy atom. The highest BCUT2D eigenvalue weighted by Crippen LogP contribution is 2.27. The van der Waals surface area contributed by atoms with Crippen LogP contribution in [-0.2, 0) is 9.63 Å². The van der Waals surface area contributed by atoms with Crippen LogP contribution in [-0.4, -0.2) is 50.4 Å². The number of carbonyl (C=O) groups excluding carboxylic acids is 1. The van der Waals surface area contributed by atoms with Gasteiger partial charge in [-0.1, -0.05) is 5.16 Å². The molecule has 2 aromatic rings. The average Bonchev–Trinajstić information content (AvgIpc) is 3.18. The third-order valence-electron chi connectivity index (χ3n) is 3.34. The number of nitrogens with zero attached hydrogens (tertiary/aromatic N) is 4. The standard InChI is InChI=1S/C12H12F3N5O3/c13-12(14,15)11(21)23-20-5-1-2-7(6-20)8-18-10(22-19-8)9-16-3-4-17-9/h3-4,7H,1-2,5-6H2,(H,16,17). The zero-order valence-electron chi connectivity index (χ0n) is 11.7. The molecule has 0 saturated carbocycles. The summed E-state index contributed by atoms with van der Waals surface area (Å²) in [4.78, 5) is 26.2. The number of alkyl halides is 3. The van der Waals surface area contributed by atoms with Crippen LogP contribution in [0, 0.1) is 0 Å². The van der Waals surface area contributed by atoms with Crippen molar-refractivity contribution in [2.75, 3.05) is 13.1 Å². The van der Waals surface area contributed by atoms with Crippen molar-refractivity contribution in [3.8, 4) is 11.7 Å². The van der Waals surface area contributed by atoms with Gasteiger partial charge in [0, 0.05) is 31.4 Å². The smallest absolute Gasteiger partial charge is 0.361 e. The lowest BCUT2D eigenvalue weighted by Crippen LogP contribution is -2.40. The molecule has 11 heteroatoms. The maximum Gasteiger partial charge on any atom is 0.492 e. The summed E-state index contributed by atoms with van der Waals surface area (Å²) < 4.78 is 41.8. The first-order valence-corrected chi connectivity index (χ1v) is 6.81. The Bertz CT molecular complexity index is 670. The summed E-state index contributed by atoms with van der Waals surface area (Å²) >= 11 is 0. The predicted octanol–water partition coefficient (Wildman–Crippen LogP) is 1.66. The molecule has 2 aromatic heterocycles. The monoisotopic (exact) mass is 331 g/mol. The van der Waals surface area contributed by atoms with Gasteiger partial charge in [-0.2, -0.15) is 18.2 Å². The molecule has 1 aliphatic heterocycles. The number of carbonyl (C=O) groups is 1. The fraction of sp³-hybridized carbons (Fsp3) is 0.500. The number of hydroxylamine groups is 2. The van der Waals surface area contributed by atoms with E-state index in [0.29, 0.717) is 24.5 Å². The van der Waals surface area contributed by atoms with Gasteiger partial charge in [-0.25, -0.2) is 9.78 Å². The Labute approximate surface area is 127 Å². The van der Waals surface area contributed by atoms with Crippen LogP contribution >= 0.6 is 0 Å². The number of hydrogen-bond acceptors (Lipinski definition) is 7. The number of aromatic amines is 1. The molecule has 3 heterocycles. The van der Waals surface area contributed by atoms with Crippen molar-refractivity contribution in [1.82, 2.24) is 25.2 Å². The highest BCUT2D eigenvalue weighted by Gasteiger charge is 2.43. The summed E-state index contributed by atoms with van der Waals surface area (Å²) in [5.74, 6) is -1.60. The fourth-order valence-electron chi connectivity index (χ4n) is 2.28. The van der Waals surface area contributed by atoms with Gasteiger partial charge in [0.15, 0.2) is 11.6 Å². The van der Waals surface area contributed by atoms with Gasteiger partial charge in [0.1, 0.15) is 0 Å². The molecule has 1 saturated heterocycles. The van der Waals surface area contributed by atoms with E-state index in [1.807, 2.05) is 0 Å². The number of aromatic nitrogens is 4. The lowest BCUT2D eigenvalue weighted by atomic mass is 9.99. The lowest BCUT2D eigenvalue weighted by molar-refractivity contribution is -0.242. The topological polar surface area (TPSA) is 97.1 Å². The van der Waals surface area contributed by atoms with Gasteiger partial charge in [0.25, 0.3) is 5.89 Å². The Kier molecular flexibility index (Phi) is 4.03. The van der Waals surface area contributed by atoms with E-state index in [9.17, 15) is 18.0 Å². The summed E-state index contributed by atoms with van der Waals surface area (Å²) in [7, 11) is 0. The van der Waals surface area contributed by atoms with Crippen LogP contribution in [0.4, 0.5) is 13.2 Å². The third kappa shape index (κ3) is 3.50. The Morgan fingerprint density at radius 1 is 1.48 bits per heavy atom. The molecule has 8 nitrogen and oxygen atoms in total. The number of piperidine rings is 1. The van der Waals surface area contributed by atoms with Crippen molar-refractivity contribution in [1.29, 1.82) is 0 Å². The quantitative estimate of drug-likeness (QED) is 0.913. The molecule has 1 N–H and O–H groups in total. The molecule has 1 unspecified atom stereocenters. The Balaban J connectivity index is 1.66. The van der Waals surface area contributed by atoms with E-state index in [4.69, 9.17) is 4.52 Å². The first kappa shape index (κ1) is 15.5. The molecule has 124 valence electrons. The minimum Gasteiger partial charge on any atom is -0.361 e. The van der Waals surface area contributed by atoms with Gasteiger partial charge in [-0.15, -0.1) is 5.06 Å². The lowest BCUT2D eigenvalue weighted by Gasteiger charge is -2.29. The number of nitrogens with one attached hydrogen (secondary N) is 1. The molecular weight excluding hydrogens is 319 g/mol. The molecule has 0 aromatic carbocycles. The summed E-state index contributed by atoms with van der Waals surface area (Å²) in [6.07, 6.45) is -0.709. The van der Waals surface area contributed by atoms with Crippen LogP contribution in [0.15, 0.2) is 16.9 Å². The SMILES string of the molecule is O=C(ON1CCCC(c2noc(-c3ncc[nH]3)n2)C1)C(F)(F)F. The second-order valence-electron chi connectivity index (χ2n) is 5.00. The van der Waals surface area contributed by atoms with Crippen molar-refractivity contribution in [3.05, 3.63) is 18.2 Å². The maximum atomic E-state index is 12.2. The second kappa shape index (κ2) is 5.99. The molecule has 0 aliphatic carbocycles. The first-order chi connectivity index (χ1) is 10.9. The van der Waals surface area contributed by atoms with E-state index in [-0.39, 0.29) is 24.9 Å². The summed E-state index contributed by atoms with van der Waals surface area (Å²) in [6.45, 7) is 0.292. The molecule has 1 aliphatic rings. The van der Waals surface area contributed by atoms with Crippen molar-refractivity contribution < 1.29 is 27.3 Å². The zero-order valence-corrected chi connectivity index (χ0v) is 11.7. The minimum absolute atomic E-state index is 0.0684. The number of rotatable bonds is 3. The molecule has 0 amide bonds. The van der Waals surface area contributed by atoms with Crippen LogP contribution in [0.1, 0.15) is 24.6 Å². The van der Waals surface area contributed by atoms with Crippen molar-refractivity contribution in [2.45, 2.75) is 24.9 Å². The highest BCUT2D eigenvalue weighted by atomic mass is 19.4. The van der Waals surface area contributed by atoms with Crippen molar-refractivity contribution in [3.63, 3.8) is 0 Å². The summed E-state index contributed by atoms with van der Waals surface area (Å²) in [5.41, 5.74) is 0. The summed E-state index contributed by atoms with van der Waals surface area (Å²) in [5, 5.41) is 4.80. The van der Waals surface area contributed by atoms with Crippen LogP contribution in [0.5, 0.6) is 0 Å². The molecular formula is C12H12F3N5O3. The highest BCUT2D eigenvalue weighted by molar-refractivity contribution is 5.75. The van der Waals surface area contributed by atoms with Crippen LogP contribution in [0.2, 0.25) is 0 Å². The molecule has 0 spiro atoms. The van der Waals surface area contributed by atoms with Crippen molar-refractivity contribution >= 4 is 5.97 Å². The molecule has 23 heavy (non-hydrogen) atoms. The van der Waals surface area contributed by atoms with Crippen LogP contribution in [0.3, 0.4) is 0 Å². The van der Waals surface area contributed by atoms with E-state index in [0.717, 1.165) is 5.06 Å². The van der Waals surface area contributed by atoms with E-state index < -0.39 is 12.1 Å². The van der Waals surface area contributed by atoms with Gasteiger partial charge < -0.3 is 14.3 Å². The van der Waals surface area contributed by atoms with Crippen molar-refractivity contribution in [2.24, 2.45) is 0 Å². The van der Waals surface area contributed by atoms with Crippen LogP contribution < -0.4 is 0 Å². The van der Waals surface area contributed by atoms with E-state index >= 15 is 0 Å². The van der Waals surface area contributed by atoms with E-state index in [1.54, 1.807) is 6.20 Å². The Hall–Kier alpha value is -2.43. The molecule has 0 radical (unpaired) electrons. The maximum absolute atomic E-state index is 12.2. The van der Waals surface area contributed by atoms with Gasteiger partial charge in [-0.05, 0) is 12.8 Å². The minimum atomic E-state index is -5.02. The molecule has 3 rings (SSSR count). The largest absolute Gasteiger partial charge is 0.492 e. The number of imidazole rings is 1. The fourth-order valence-corrected chi connectivity index (χ4v) is 2.28. The first-order valence-electron chi connectivity index (χ1n) is 6.81. The normalized spacial score (nSPS) is 19.7. The number of hydrogen-bond donors (Lipinski definition) is 1.